The van der Waals surface area contributed by atoms with Crippen molar-refractivity contribution in [3.63, 3.8) is 0 Å². The van der Waals surface area contributed by atoms with Gasteiger partial charge in [-0.05, 0) is 32.0 Å². The zero-order valence-corrected chi connectivity index (χ0v) is 19.2. The van der Waals surface area contributed by atoms with Crippen LogP contribution in [0.15, 0.2) is 29.2 Å². The third-order valence-electron chi connectivity index (χ3n) is 4.90. The largest absolute Gasteiger partial charge is 0.418 e. The summed E-state index contributed by atoms with van der Waals surface area (Å²) in [5, 5.41) is 2.04. The van der Waals surface area contributed by atoms with Crippen molar-refractivity contribution in [1.82, 2.24) is 9.21 Å². The molecule has 1 saturated heterocycles. The molecule has 1 N–H and O–H groups in total. The van der Waals surface area contributed by atoms with Crippen molar-refractivity contribution in [3.05, 3.63) is 44.6 Å². The van der Waals surface area contributed by atoms with Crippen LogP contribution in [0, 0.1) is 13.8 Å². The number of hydrogen-bond acceptors (Lipinski definition) is 5. The van der Waals surface area contributed by atoms with Crippen LogP contribution in [-0.2, 0) is 21.0 Å². The molecule has 3 rings (SSSR count). The van der Waals surface area contributed by atoms with Crippen molar-refractivity contribution in [2.75, 3.05) is 38.0 Å². The van der Waals surface area contributed by atoms with Crippen LogP contribution < -0.4 is 5.32 Å². The Hall–Kier alpha value is -1.66. The third kappa shape index (κ3) is 5.40. The van der Waals surface area contributed by atoms with Crippen LogP contribution in [0.25, 0.3) is 0 Å². The highest BCUT2D eigenvalue weighted by Gasteiger charge is 2.35. The maximum atomic E-state index is 13.2. The molecule has 1 aromatic heterocycles. The quantitative estimate of drug-likeness (QED) is 0.681. The van der Waals surface area contributed by atoms with Crippen LogP contribution in [0.4, 0.5) is 18.9 Å². The maximum absolute atomic E-state index is 13.2. The van der Waals surface area contributed by atoms with Crippen LogP contribution in [0.3, 0.4) is 0 Å². The van der Waals surface area contributed by atoms with E-state index in [-0.39, 0.29) is 37.7 Å². The molecule has 2 heterocycles. The van der Waals surface area contributed by atoms with Crippen LogP contribution in [0.2, 0.25) is 5.02 Å². The van der Waals surface area contributed by atoms with Crippen molar-refractivity contribution in [1.29, 1.82) is 0 Å². The number of halogens is 4. The molecule has 0 spiro atoms. The number of nitrogens with zero attached hydrogens (tertiary/aromatic N) is 2. The van der Waals surface area contributed by atoms with E-state index >= 15 is 0 Å². The van der Waals surface area contributed by atoms with Crippen LogP contribution in [0.5, 0.6) is 0 Å². The number of rotatable bonds is 5. The Morgan fingerprint density at radius 3 is 2.39 bits per heavy atom. The van der Waals surface area contributed by atoms with Gasteiger partial charge in [0.15, 0.2) is 0 Å². The zero-order chi connectivity index (χ0) is 23.0. The Labute approximate surface area is 187 Å². The second-order valence-corrected chi connectivity index (χ2v) is 10.9. The van der Waals surface area contributed by atoms with E-state index in [2.05, 4.69) is 5.32 Å². The lowest BCUT2D eigenvalue weighted by Gasteiger charge is -2.33. The van der Waals surface area contributed by atoms with E-state index < -0.39 is 33.4 Å². The first-order chi connectivity index (χ1) is 14.4. The molecule has 1 aliphatic rings. The lowest BCUT2D eigenvalue weighted by atomic mass is 10.1. The van der Waals surface area contributed by atoms with E-state index in [1.807, 2.05) is 6.92 Å². The molecule has 12 heteroatoms. The molecular weight excluding hydrogens is 475 g/mol. The number of alkyl halides is 3. The van der Waals surface area contributed by atoms with Gasteiger partial charge in [-0.15, -0.1) is 11.3 Å². The molecule has 2 aromatic rings. The highest BCUT2D eigenvalue weighted by Crippen LogP contribution is 2.38. The minimum atomic E-state index is -4.66. The summed E-state index contributed by atoms with van der Waals surface area (Å²) >= 11 is 7.28. The third-order valence-corrected chi connectivity index (χ3v) is 8.33. The van der Waals surface area contributed by atoms with Crippen molar-refractivity contribution < 1.29 is 26.4 Å². The topological polar surface area (TPSA) is 69.7 Å². The van der Waals surface area contributed by atoms with Crippen molar-refractivity contribution in [3.8, 4) is 0 Å². The Bertz CT molecular complexity index is 1080. The second-order valence-electron chi connectivity index (χ2n) is 7.17. The second kappa shape index (κ2) is 9.07. The van der Waals surface area contributed by atoms with Gasteiger partial charge in [0.1, 0.15) is 0 Å². The lowest BCUT2D eigenvalue weighted by Crippen LogP contribution is -2.50. The Morgan fingerprint density at radius 2 is 1.84 bits per heavy atom. The fourth-order valence-corrected chi connectivity index (χ4v) is 6.57. The van der Waals surface area contributed by atoms with Gasteiger partial charge in [-0.25, -0.2) is 8.42 Å². The standard InChI is InChI=1S/C19H21ClF3N3O3S2/c1-12-10-16(13(2)30-12)31(28,29)26-8-6-25(7-9-26)11-17(27)24-18-14(19(21,22)23)4-3-5-15(18)20/h3-5,10H,6-9,11H2,1-2H3,(H,24,27). The van der Waals surface area contributed by atoms with E-state index in [1.54, 1.807) is 17.9 Å². The number of sulfonamides is 1. The molecular formula is C19H21ClF3N3O3S2. The average molecular weight is 496 g/mol. The van der Waals surface area contributed by atoms with Gasteiger partial charge < -0.3 is 5.32 Å². The fourth-order valence-electron chi connectivity index (χ4n) is 3.40. The summed E-state index contributed by atoms with van der Waals surface area (Å²) in [5.41, 5.74) is -1.50. The van der Waals surface area contributed by atoms with Gasteiger partial charge >= 0.3 is 6.18 Å². The number of carbonyl (C=O) groups is 1. The molecule has 0 saturated carbocycles. The van der Waals surface area contributed by atoms with Crippen LogP contribution >= 0.6 is 22.9 Å². The molecule has 0 radical (unpaired) electrons. The normalized spacial score (nSPS) is 16.5. The van der Waals surface area contributed by atoms with Gasteiger partial charge in [0.2, 0.25) is 15.9 Å². The summed E-state index contributed by atoms with van der Waals surface area (Å²) in [6.07, 6.45) is -4.66. The number of thiophene rings is 1. The minimum absolute atomic E-state index is 0.174. The SMILES string of the molecule is Cc1cc(S(=O)(=O)N2CCN(CC(=O)Nc3c(Cl)cccc3C(F)(F)F)CC2)c(C)s1. The summed E-state index contributed by atoms with van der Waals surface area (Å²) in [6.45, 7) is 4.36. The predicted octanol–water partition coefficient (Wildman–Crippen LogP) is 3.98. The molecule has 1 aliphatic heterocycles. The number of para-hydroxylation sites is 1. The van der Waals surface area contributed by atoms with Crippen LogP contribution in [-0.4, -0.2) is 56.3 Å². The zero-order valence-electron chi connectivity index (χ0n) is 16.8. The Kier molecular flexibility index (Phi) is 7.02. The first kappa shape index (κ1) is 24.0. The first-order valence-electron chi connectivity index (χ1n) is 9.34. The van der Waals surface area contributed by atoms with Gasteiger partial charge in [-0.1, -0.05) is 17.7 Å². The molecule has 0 bridgehead atoms. The van der Waals surface area contributed by atoms with E-state index in [0.29, 0.717) is 4.90 Å². The molecule has 1 amide bonds. The molecule has 6 nitrogen and oxygen atoms in total. The molecule has 1 fully saturated rings. The van der Waals surface area contributed by atoms with E-state index in [9.17, 15) is 26.4 Å². The monoisotopic (exact) mass is 495 g/mol. The van der Waals surface area contributed by atoms with Crippen LogP contribution in [0.1, 0.15) is 15.3 Å². The molecule has 170 valence electrons. The molecule has 0 atom stereocenters. The predicted molar refractivity (Wildman–Crippen MR) is 114 cm³/mol. The number of nitrogens with one attached hydrogen (secondary N) is 1. The lowest BCUT2D eigenvalue weighted by molar-refractivity contribution is -0.137. The number of aryl methyl sites for hydroxylation is 2. The Morgan fingerprint density at radius 1 is 1.19 bits per heavy atom. The molecule has 0 aliphatic carbocycles. The van der Waals surface area contributed by atoms with Crippen molar-refractivity contribution in [2.24, 2.45) is 0 Å². The van der Waals surface area contributed by atoms with Gasteiger partial charge in [0.05, 0.1) is 27.7 Å². The van der Waals surface area contributed by atoms with Gasteiger partial charge in [-0.3, -0.25) is 9.69 Å². The maximum Gasteiger partial charge on any atom is 0.418 e. The van der Waals surface area contributed by atoms with E-state index in [1.165, 1.54) is 21.7 Å². The van der Waals surface area contributed by atoms with Gasteiger partial charge in [-0.2, -0.15) is 17.5 Å². The summed E-state index contributed by atoms with van der Waals surface area (Å²) in [5.74, 6) is -0.654. The fraction of sp³-hybridized carbons (Fsp3) is 0.421. The molecule has 31 heavy (non-hydrogen) atoms. The van der Waals surface area contributed by atoms with Crippen molar-refractivity contribution >= 4 is 44.6 Å². The highest BCUT2D eigenvalue weighted by molar-refractivity contribution is 7.89. The van der Waals surface area contributed by atoms with Crippen molar-refractivity contribution in [2.45, 2.75) is 24.9 Å². The number of piperazine rings is 1. The smallest absolute Gasteiger partial charge is 0.323 e. The number of anilines is 1. The number of amides is 1. The number of carbonyl (C=O) groups excluding carboxylic acids is 1. The highest BCUT2D eigenvalue weighted by atomic mass is 35.5. The van der Waals surface area contributed by atoms with Gasteiger partial charge in [0, 0.05) is 35.9 Å². The summed E-state index contributed by atoms with van der Waals surface area (Å²) in [4.78, 5) is 16.0. The molecule has 1 aromatic carbocycles. The molecule has 0 unspecified atom stereocenters. The number of hydrogen-bond donors (Lipinski definition) is 1. The number of benzene rings is 1. The first-order valence-corrected chi connectivity index (χ1v) is 12.0. The van der Waals surface area contributed by atoms with Gasteiger partial charge in [0.25, 0.3) is 0 Å². The average Bonchev–Trinajstić information content (AvgIpc) is 3.02. The Balaban J connectivity index is 1.62. The minimum Gasteiger partial charge on any atom is -0.323 e. The summed E-state index contributed by atoms with van der Waals surface area (Å²) in [7, 11) is -3.63. The summed E-state index contributed by atoms with van der Waals surface area (Å²) < 4.78 is 66.7. The van der Waals surface area contributed by atoms with E-state index in [0.717, 1.165) is 21.9 Å². The van der Waals surface area contributed by atoms with E-state index in [4.69, 9.17) is 11.6 Å². The summed E-state index contributed by atoms with van der Waals surface area (Å²) in [6, 6.07) is 4.93.